The highest BCUT2D eigenvalue weighted by atomic mass is 16.5. The zero-order valence-electron chi connectivity index (χ0n) is 15.1. The van der Waals surface area contributed by atoms with Crippen LogP contribution in [0.1, 0.15) is 49.9 Å². The lowest BCUT2D eigenvalue weighted by Crippen LogP contribution is -2.43. The second-order valence-corrected chi connectivity index (χ2v) is 6.21. The third-order valence-electron chi connectivity index (χ3n) is 4.30. The smallest absolute Gasteiger partial charge is 0.253 e. The predicted octanol–water partition coefficient (Wildman–Crippen LogP) is 3.09. The van der Waals surface area contributed by atoms with E-state index in [9.17, 15) is 4.79 Å². The molecule has 0 atom stereocenters. The minimum Gasteiger partial charge on any atom is -0.490 e. The first-order valence-electron chi connectivity index (χ1n) is 9.05. The van der Waals surface area contributed by atoms with Crippen molar-refractivity contribution >= 4 is 5.91 Å². The van der Waals surface area contributed by atoms with Crippen molar-refractivity contribution < 1.29 is 14.3 Å². The van der Waals surface area contributed by atoms with Gasteiger partial charge < -0.3 is 19.7 Å². The fourth-order valence-corrected chi connectivity index (χ4v) is 2.85. The van der Waals surface area contributed by atoms with Gasteiger partial charge in [0.25, 0.3) is 5.91 Å². The molecule has 2 rings (SSSR count). The van der Waals surface area contributed by atoms with E-state index in [0.717, 1.165) is 44.5 Å². The largest absolute Gasteiger partial charge is 0.490 e. The van der Waals surface area contributed by atoms with Gasteiger partial charge in [0.15, 0.2) is 11.5 Å². The molecule has 1 N–H and O–H groups in total. The Morgan fingerprint density at radius 2 is 1.75 bits per heavy atom. The maximum absolute atomic E-state index is 12.8. The average Bonchev–Trinajstić information content (AvgIpc) is 2.64. The van der Waals surface area contributed by atoms with E-state index in [4.69, 9.17) is 9.47 Å². The van der Waals surface area contributed by atoms with E-state index in [2.05, 4.69) is 19.2 Å². The summed E-state index contributed by atoms with van der Waals surface area (Å²) in [5.74, 6) is 1.46. The maximum atomic E-state index is 12.8. The Labute approximate surface area is 145 Å². The minimum atomic E-state index is 0.0768. The molecule has 0 radical (unpaired) electrons. The van der Waals surface area contributed by atoms with Crippen LogP contribution in [0, 0.1) is 0 Å². The number of amides is 1. The van der Waals surface area contributed by atoms with Crippen LogP contribution in [-0.4, -0.2) is 50.2 Å². The van der Waals surface area contributed by atoms with E-state index in [0.29, 0.717) is 30.6 Å². The number of ether oxygens (including phenoxy) is 2. The Morgan fingerprint density at radius 1 is 1.12 bits per heavy atom. The third-order valence-corrected chi connectivity index (χ3v) is 4.30. The molecule has 1 aromatic carbocycles. The number of nitrogens with zero attached hydrogens (tertiary/aromatic N) is 1. The van der Waals surface area contributed by atoms with Crippen LogP contribution in [0.3, 0.4) is 0 Å². The lowest BCUT2D eigenvalue weighted by molar-refractivity contribution is 0.0706. The van der Waals surface area contributed by atoms with Gasteiger partial charge in [0.2, 0.25) is 0 Å². The topological polar surface area (TPSA) is 50.8 Å². The average molecular weight is 334 g/mol. The summed E-state index contributed by atoms with van der Waals surface area (Å²) in [7, 11) is 1.98. The number of nitrogens with one attached hydrogen (secondary N) is 1. The van der Waals surface area contributed by atoms with Crippen LogP contribution in [0.25, 0.3) is 0 Å². The molecular weight excluding hydrogens is 304 g/mol. The molecule has 0 unspecified atom stereocenters. The second kappa shape index (κ2) is 9.52. The zero-order valence-corrected chi connectivity index (χ0v) is 15.1. The molecule has 0 spiro atoms. The van der Waals surface area contributed by atoms with Gasteiger partial charge in [0.05, 0.1) is 13.2 Å². The molecule has 1 aromatic rings. The van der Waals surface area contributed by atoms with Gasteiger partial charge in [0.1, 0.15) is 0 Å². The van der Waals surface area contributed by atoms with Crippen LogP contribution < -0.4 is 14.8 Å². The highest BCUT2D eigenvalue weighted by Crippen LogP contribution is 2.29. The SMILES string of the molecule is CCCOc1ccc(C(=O)N2CCC(NC)CC2)cc1OCCC. The van der Waals surface area contributed by atoms with Crippen molar-refractivity contribution in [2.45, 2.75) is 45.6 Å². The van der Waals surface area contributed by atoms with Gasteiger partial charge >= 0.3 is 0 Å². The third kappa shape index (κ3) is 4.87. The molecule has 0 bridgehead atoms. The lowest BCUT2D eigenvalue weighted by Gasteiger charge is -2.32. The minimum absolute atomic E-state index is 0.0768. The first kappa shape index (κ1) is 18.6. The van der Waals surface area contributed by atoms with Gasteiger partial charge in [-0.05, 0) is 50.9 Å². The molecule has 1 amide bonds. The molecule has 1 aliphatic rings. The fourth-order valence-electron chi connectivity index (χ4n) is 2.85. The molecule has 1 fully saturated rings. The first-order chi connectivity index (χ1) is 11.7. The predicted molar refractivity (Wildman–Crippen MR) is 96.0 cm³/mol. The summed E-state index contributed by atoms with van der Waals surface area (Å²) in [6.07, 6.45) is 3.86. The van der Waals surface area contributed by atoms with Crippen LogP contribution in [0.2, 0.25) is 0 Å². The molecule has 134 valence electrons. The Hall–Kier alpha value is -1.75. The monoisotopic (exact) mass is 334 g/mol. The zero-order chi connectivity index (χ0) is 17.4. The number of hydrogen-bond donors (Lipinski definition) is 1. The van der Waals surface area contributed by atoms with E-state index in [1.54, 1.807) is 0 Å². The molecule has 5 heteroatoms. The van der Waals surface area contributed by atoms with Gasteiger partial charge in [-0.15, -0.1) is 0 Å². The van der Waals surface area contributed by atoms with Crippen LogP contribution in [0.15, 0.2) is 18.2 Å². The molecule has 0 aliphatic carbocycles. The van der Waals surface area contributed by atoms with Crippen molar-refractivity contribution in [3.63, 3.8) is 0 Å². The summed E-state index contributed by atoms with van der Waals surface area (Å²) < 4.78 is 11.5. The van der Waals surface area contributed by atoms with Crippen molar-refractivity contribution in [1.29, 1.82) is 0 Å². The standard InChI is InChI=1S/C19H30N2O3/c1-4-12-23-17-7-6-15(14-18(17)24-13-5-2)19(22)21-10-8-16(20-3)9-11-21/h6-7,14,16,20H,4-5,8-13H2,1-3H3. The van der Waals surface area contributed by atoms with Gasteiger partial charge in [-0.3, -0.25) is 4.79 Å². The van der Waals surface area contributed by atoms with Crippen molar-refractivity contribution in [2.24, 2.45) is 0 Å². The summed E-state index contributed by atoms with van der Waals surface area (Å²) in [4.78, 5) is 14.7. The highest BCUT2D eigenvalue weighted by molar-refractivity contribution is 5.95. The lowest BCUT2D eigenvalue weighted by atomic mass is 10.0. The Kier molecular flexibility index (Phi) is 7.37. The highest BCUT2D eigenvalue weighted by Gasteiger charge is 2.23. The maximum Gasteiger partial charge on any atom is 0.253 e. The normalized spacial score (nSPS) is 15.4. The number of hydrogen-bond acceptors (Lipinski definition) is 4. The molecule has 0 saturated carbocycles. The molecule has 0 aromatic heterocycles. The second-order valence-electron chi connectivity index (χ2n) is 6.21. The molecule has 5 nitrogen and oxygen atoms in total. The summed E-state index contributed by atoms with van der Waals surface area (Å²) in [5, 5.41) is 3.29. The van der Waals surface area contributed by atoms with Crippen molar-refractivity contribution in [2.75, 3.05) is 33.4 Å². The van der Waals surface area contributed by atoms with Gasteiger partial charge in [-0.25, -0.2) is 0 Å². The van der Waals surface area contributed by atoms with Crippen LogP contribution >= 0.6 is 0 Å². The summed E-state index contributed by atoms with van der Waals surface area (Å²) in [5.41, 5.74) is 0.674. The molecule has 1 saturated heterocycles. The first-order valence-corrected chi connectivity index (χ1v) is 9.05. The summed E-state index contributed by atoms with van der Waals surface area (Å²) in [6.45, 7) is 6.99. The van der Waals surface area contributed by atoms with Crippen molar-refractivity contribution in [3.8, 4) is 11.5 Å². The summed E-state index contributed by atoms with van der Waals surface area (Å²) >= 11 is 0. The van der Waals surface area contributed by atoms with Crippen LogP contribution in [0.4, 0.5) is 0 Å². The van der Waals surface area contributed by atoms with Crippen LogP contribution in [-0.2, 0) is 0 Å². The number of piperidine rings is 1. The van der Waals surface area contributed by atoms with E-state index in [-0.39, 0.29) is 5.91 Å². The number of rotatable bonds is 8. The van der Waals surface area contributed by atoms with Crippen LogP contribution in [0.5, 0.6) is 11.5 Å². The number of likely N-dealkylation sites (tertiary alicyclic amines) is 1. The van der Waals surface area contributed by atoms with Crippen molar-refractivity contribution in [1.82, 2.24) is 10.2 Å². The van der Waals surface area contributed by atoms with E-state index in [1.165, 1.54) is 0 Å². The summed E-state index contributed by atoms with van der Waals surface area (Å²) in [6, 6.07) is 6.04. The molecule has 24 heavy (non-hydrogen) atoms. The molecular formula is C19H30N2O3. The van der Waals surface area contributed by atoms with Gasteiger partial charge in [-0.1, -0.05) is 13.8 Å². The Bertz CT molecular complexity index is 525. The number of benzene rings is 1. The fraction of sp³-hybridized carbons (Fsp3) is 0.632. The Morgan fingerprint density at radius 3 is 2.33 bits per heavy atom. The quantitative estimate of drug-likeness (QED) is 0.794. The molecule has 1 aliphatic heterocycles. The molecule has 1 heterocycles. The number of carbonyl (C=O) groups is 1. The number of carbonyl (C=O) groups excluding carboxylic acids is 1. The van der Waals surface area contributed by atoms with E-state index >= 15 is 0 Å². The van der Waals surface area contributed by atoms with Gasteiger partial charge in [0, 0.05) is 24.7 Å². The Balaban J connectivity index is 2.09. The van der Waals surface area contributed by atoms with Crippen molar-refractivity contribution in [3.05, 3.63) is 23.8 Å². The van der Waals surface area contributed by atoms with E-state index in [1.807, 2.05) is 30.1 Å². The van der Waals surface area contributed by atoms with E-state index < -0.39 is 0 Å². The van der Waals surface area contributed by atoms with Gasteiger partial charge in [-0.2, -0.15) is 0 Å².